The number of aliphatic hydroxyl groups is 2. The predicted molar refractivity (Wildman–Crippen MR) is 200 cm³/mol. The highest BCUT2D eigenvalue weighted by atomic mass is 32.2. The van der Waals surface area contributed by atoms with Crippen LogP contribution in [0.2, 0.25) is 0 Å². The number of aliphatic carboxylic acids is 1. The van der Waals surface area contributed by atoms with Crippen molar-refractivity contribution in [2.45, 2.75) is 62.6 Å². The van der Waals surface area contributed by atoms with Gasteiger partial charge in [-0.1, -0.05) is 92.1 Å². The van der Waals surface area contributed by atoms with Crippen LogP contribution in [0.3, 0.4) is 0 Å². The number of aliphatic hydroxyl groups excluding tert-OH is 2. The highest BCUT2D eigenvalue weighted by molar-refractivity contribution is 7.89. The Morgan fingerprint density at radius 3 is 2.22 bits per heavy atom. The lowest BCUT2D eigenvalue weighted by Crippen LogP contribution is -2.22. The molecule has 0 unspecified atom stereocenters. The number of ether oxygens (including phenoxy) is 1. The van der Waals surface area contributed by atoms with Crippen LogP contribution in [0.4, 0.5) is 0 Å². The lowest BCUT2D eigenvalue weighted by atomic mass is 10.0. The van der Waals surface area contributed by atoms with Gasteiger partial charge in [0.1, 0.15) is 5.75 Å². The second-order valence-corrected chi connectivity index (χ2v) is 13.7. The van der Waals surface area contributed by atoms with Gasteiger partial charge < -0.3 is 30.5 Å². The fourth-order valence-electron chi connectivity index (χ4n) is 5.22. The van der Waals surface area contributed by atoms with E-state index in [0.717, 1.165) is 86.4 Å². The lowest BCUT2D eigenvalue weighted by molar-refractivity contribution is -0.131. The van der Waals surface area contributed by atoms with Gasteiger partial charge in [-0.15, -0.1) is 0 Å². The summed E-state index contributed by atoms with van der Waals surface area (Å²) in [4.78, 5) is 10.5. The second-order valence-electron chi connectivity index (χ2n) is 12.1. The molecule has 0 spiro atoms. The Hall–Kier alpha value is -4.36. The van der Waals surface area contributed by atoms with Crippen molar-refractivity contribution in [3.8, 4) is 16.9 Å². The minimum atomic E-state index is -3.66. The first-order valence-electron chi connectivity index (χ1n) is 17.1. The van der Waals surface area contributed by atoms with E-state index in [1.807, 2.05) is 60.7 Å². The van der Waals surface area contributed by atoms with Crippen molar-refractivity contribution >= 4 is 22.1 Å². The van der Waals surface area contributed by atoms with E-state index >= 15 is 0 Å². The molecular weight excluding hydrogens is 669 g/mol. The number of primary sulfonamides is 1. The molecule has 51 heavy (non-hydrogen) atoms. The van der Waals surface area contributed by atoms with Crippen LogP contribution in [0.5, 0.6) is 5.75 Å². The molecule has 4 rings (SSSR count). The number of sulfonamides is 1. The molecule has 11 heteroatoms. The molecular formula is C40H50N2O8S. The molecule has 274 valence electrons. The van der Waals surface area contributed by atoms with Gasteiger partial charge in [0.05, 0.1) is 17.6 Å². The largest absolute Gasteiger partial charge is 0.508 e. The van der Waals surface area contributed by atoms with E-state index in [1.54, 1.807) is 30.3 Å². The number of aryl methyl sites for hydroxylation is 1. The summed E-state index contributed by atoms with van der Waals surface area (Å²) >= 11 is 0. The van der Waals surface area contributed by atoms with Crippen LogP contribution in [0.25, 0.3) is 17.2 Å². The van der Waals surface area contributed by atoms with Crippen LogP contribution in [-0.2, 0) is 32.6 Å². The topological polar surface area (TPSA) is 179 Å². The maximum absolute atomic E-state index is 11.4. The highest BCUT2D eigenvalue weighted by Gasteiger charge is 2.10. The van der Waals surface area contributed by atoms with E-state index in [2.05, 4.69) is 5.32 Å². The van der Waals surface area contributed by atoms with Crippen LogP contribution in [-0.4, -0.2) is 61.1 Å². The number of hydrogen-bond donors (Lipinski definition) is 6. The fraction of sp³-hybridized carbons (Fsp3) is 0.325. The molecule has 7 N–H and O–H groups in total. The quantitative estimate of drug-likeness (QED) is 0.0458. The number of nitrogens with one attached hydrogen (secondary N) is 1. The number of aromatic hydroxyl groups is 1. The Labute approximate surface area is 301 Å². The molecule has 0 amide bonds. The van der Waals surface area contributed by atoms with Crippen LogP contribution in [0.15, 0.2) is 108 Å². The molecule has 4 aromatic rings. The maximum Gasteiger partial charge on any atom is 0.328 e. The van der Waals surface area contributed by atoms with Crippen molar-refractivity contribution in [1.82, 2.24) is 5.32 Å². The minimum Gasteiger partial charge on any atom is -0.508 e. The molecule has 10 nitrogen and oxygen atoms in total. The fourth-order valence-corrected chi connectivity index (χ4v) is 5.81. The van der Waals surface area contributed by atoms with E-state index < -0.39 is 22.1 Å². The number of rotatable bonds is 20. The molecule has 0 fully saturated rings. The van der Waals surface area contributed by atoms with Crippen molar-refractivity contribution in [3.63, 3.8) is 0 Å². The average Bonchev–Trinajstić information content (AvgIpc) is 3.13. The lowest BCUT2D eigenvalue weighted by Gasteiger charge is -2.14. The van der Waals surface area contributed by atoms with Gasteiger partial charge in [0.15, 0.2) is 0 Å². The summed E-state index contributed by atoms with van der Waals surface area (Å²) in [6.45, 7) is 2.36. The molecule has 0 aliphatic rings. The Morgan fingerprint density at radius 2 is 1.51 bits per heavy atom. The zero-order valence-corrected chi connectivity index (χ0v) is 29.7. The number of carbonyl (C=O) groups is 1. The zero-order valence-electron chi connectivity index (χ0n) is 28.9. The maximum atomic E-state index is 11.4. The molecule has 0 aromatic heterocycles. The van der Waals surface area contributed by atoms with E-state index in [9.17, 15) is 28.5 Å². The first-order chi connectivity index (χ1) is 24.6. The highest BCUT2D eigenvalue weighted by Crippen LogP contribution is 2.22. The van der Waals surface area contributed by atoms with Crippen molar-refractivity contribution < 1.29 is 38.4 Å². The first-order valence-corrected chi connectivity index (χ1v) is 18.7. The number of carboxylic acid groups (broad SMARTS) is 1. The summed E-state index contributed by atoms with van der Waals surface area (Å²) < 4.78 is 28.5. The summed E-state index contributed by atoms with van der Waals surface area (Å²) in [5.41, 5.74) is 5.18. The van der Waals surface area contributed by atoms with Gasteiger partial charge in [0.25, 0.3) is 0 Å². The van der Waals surface area contributed by atoms with Crippen molar-refractivity contribution in [2.24, 2.45) is 5.14 Å². The van der Waals surface area contributed by atoms with E-state index in [0.29, 0.717) is 24.3 Å². The van der Waals surface area contributed by atoms with Crippen molar-refractivity contribution in [2.75, 3.05) is 26.3 Å². The number of phenols is 1. The van der Waals surface area contributed by atoms with Gasteiger partial charge in [0, 0.05) is 31.4 Å². The van der Waals surface area contributed by atoms with Gasteiger partial charge in [-0.2, -0.15) is 0 Å². The van der Waals surface area contributed by atoms with Crippen LogP contribution >= 0.6 is 0 Å². The molecule has 0 saturated carbocycles. The van der Waals surface area contributed by atoms with Crippen LogP contribution < -0.4 is 10.5 Å². The van der Waals surface area contributed by atoms with Gasteiger partial charge >= 0.3 is 5.97 Å². The number of hydrogen-bond acceptors (Lipinski definition) is 8. The predicted octanol–water partition coefficient (Wildman–Crippen LogP) is 6.21. The van der Waals surface area contributed by atoms with E-state index in [-0.39, 0.29) is 17.3 Å². The molecule has 0 saturated heterocycles. The summed E-state index contributed by atoms with van der Waals surface area (Å²) in [5, 5.41) is 46.0. The number of unbranched alkanes of at least 4 members (excludes halogenated alkanes) is 4. The second kappa shape index (κ2) is 22.5. The normalized spacial score (nSPS) is 12.0. The number of carboxylic acids is 1. The van der Waals surface area contributed by atoms with E-state index in [1.165, 1.54) is 12.1 Å². The van der Waals surface area contributed by atoms with Gasteiger partial charge in [-0.3, -0.25) is 0 Å². The molecule has 0 heterocycles. The molecule has 0 bridgehead atoms. The van der Waals surface area contributed by atoms with Crippen molar-refractivity contribution in [3.05, 3.63) is 125 Å². The third kappa shape index (κ3) is 16.0. The van der Waals surface area contributed by atoms with Gasteiger partial charge in [-0.05, 0) is 90.4 Å². The summed E-state index contributed by atoms with van der Waals surface area (Å²) in [6, 6.07) is 29.3. The smallest absolute Gasteiger partial charge is 0.328 e. The van der Waals surface area contributed by atoms with Crippen LogP contribution in [0, 0.1) is 0 Å². The molecule has 0 aliphatic carbocycles. The van der Waals surface area contributed by atoms with Gasteiger partial charge in [0.2, 0.25) is 10.0 Å². The Bertz CT molecular complexity index is 1750. The number of nitrogens with two attached hydrogens (primary N) is 1. The Kier molecular flexibility index (Phi) is 18.1. The summed E-state index contributed by atoms with van der Waals surface area (Å²) in [5.74, 6) is -0.901. The number of benzene rings is 4. The Morgan fingerprint density at radius 1 is 0.824 bits per heavy atom. The first kappa shape index (κ1) is 41.1. The Balaban J connectivity index is 0.000000343. The minimum absolute atomic E-state index is 0.0324. The van der Waals surface area contributed by atoms with Crippen molar-refractivity contribution in [1.29, 1.82) is 0 Å². The third-order valence-corrected chi connectivity index (χ3v) is 8.97. The summed E-state index contributed by atoms with van der Waals surface area (Å²) in [6.07, 6.45) is 9.01. The molecule has 0 radical (unpaired) electrons. The SMILES string of the molecule is NS(=O)(=O)c1cccc(CCCOCCCCCCCNC[C@H](O)c2ccc(O)c(CO)c2)c1.O=C(O)/C=C/c1ccc(-c2ccccc2)cc1. The molecule has 4 aromatic carbocycles. The van der Waals surface area contributed by atoms with Gasteiger partial charge in [-0.25, -0.2) is 18.4 Å². The summed E-state index contributed by atoms with van der Waals surface area (Å²) in [7, 11) is -3.66. The molecule has 0 aliphatic heterocycles. The molecule has 1 atom stereocenters. The zero-order chi connectivity index (χ0) is 36.9. The van der Waals surface area contributed by atoms with Crippen LogP contribution in [0.1, 0.15) is 66.9 Å². The average molecular weight is 719 g/mol. The monoisotopic (exact) mass is 718 g/mol. The third-order valence-electron chi connectivity index (χ3n) is 8.06. The van der Waals surface area contributed by atoms with E-state index in [4.69, 9.17) is 15.0 Å². The standard InChI is InChI=1S/C25H38N2O6S.C15H12O2/c26-34(31,32)23-10-6-8-20(16-23)9-7-15-33-14-5-3-1-2-4-13-27-18-25(30)21-11-12-24(29)22(17-21)19-28;16-15(17)11-8-12-6-9-14(10-7-12)13-4-2-1-3-5-13/h6,8,10-12,16-17,25,27-30H,1-5,7,9,13-15,18-19H2,(H2,26,31,32);1-11H,(H,16,17)/b;11-8+/t25-;/m0./s1.